The number of hydrogen-bond donors (Lipinski definition) is 1. The van der Waals surface area contributed by atoms with E-state index < -0.39 is 0 Å². The first-order valence-corrected chi connectivity index (χ1v) is 13.6. The maximum absolute atomic E-state index is 10.0. The zero-order valence-electron chi connectivity index (χ0n) is 24.0. The van der Waals surface area contributed by atoms with Gasteiger partial charge in [0, 0.05) is 67.4 Å². The smallest absolute Gasteiger partial charge is 0.212 e. The van der Waals surface area contributed by atoms with Crippen molar-refractivity contribution in [1.29, 1.82) is 0 Å². The largest absolute Gasteiger partial charge is 0.624 e. The Morgan fingerprint density at radius 3 is 2.61 bits per heavy atom. The molecule has 2 atom stereocenters. The summed E-state index contributed by atoms with van der Waals surface area (Å²) < 4.78 is 5.96. The number of benzene rings is 1. The van der Waals surface area contributed by atoms with E-state index in [0.29, 0.717) is 18.3 Å². The SMILES string of the molecule is CC(=O)/C=C(/C)O.CC12CCC(c3c1n[n-]c3-c1nc(OC[N-]Cc3ccccn3)cc3ccccc13)C2(C)C.[Ir]. The number of ether oxygens (including phenoxy) is 1. The van der Waals surface area contributed by atoms with E-state index >= 15 is 0 Å². The Hall–Kier alpha value is -3.39. The van der Waals surface area contributed by atoms with Crippen LogP contribution in [-0.2, 0) is 36.9 Å². The van der Waals surface area contributed by atoms with Crippen LogP contribution < -0.4 is 9.84 Å². The van der Waals surface area contributed by atoms with Crippen LogP contribution in [0.5, 0.6) is 5.88 Å². The summed E-state index contributed by atoms with van der Waals surface area (Å²) in [7, 11) is 0. The summed E-state index contributed by atoms with van der Waals surface area (Å²) >= 11 is 0. The van der Waals surface area contributed by atoms with Crippen LogP contribution in [0.1, 0.15) is 70.3 Å². The van der Waals surface area contributed by atoms with Crippen molar-refractivity contribution in [3.8, 4) is 17.3 Å². The van der Waals surface area contributed by atoms with Crippen LogP contribution in [-0.4, -0.2) is 32.7 Å². The van der Waals surface area contributed by atoms with Crippen LogP contribution in [0.4, 0.5) is 0 Å². The topological polar surface area (TPSA) is 113 Å². The van der Waals surface area contributed by atoms with Gasteiger partial charge >= 0.3 is 0 Å². The number of nitrogens with zero attached hydrogens (tertiary/aromatic N) is 5. The van der Waals surface area contributed by atoms with E-state index in [1.54, 1.807) is 6.20 Å². The Balaban J connectivity index is 0.000000434. The number of hydrogen-bond acceptors (Lipinski definition) is 6. The summed E-state index contributed by atoms with van der Waals surface area (Å²) in [6.07, 6.45) is 5.29. The monoisotopic (exact) mass is 730 g/mol. The Kier molecular flexibility index (Phi) is 9.12. The van der Waals surface area contributed by atoms with Gasteiger partial charge in [-0.25, -0.2) is 4.98 Å². The average Bonchev–Trinajstić information content (AvgIpc) is 3.50. The van der Waals surface area contributed by atoms with Gasteiger partial charge in [0.1, 0.15) is 0 Å². The van der Waals surface area contributed by atoms with Gasteiger partial charge in [-0.2, -0.15) is 0 Å². The van der Waals surface area contributed by atoms with Crippen molar-refractivity contribution in [3.05, 3.63) is 88.8 Å². The fourth-order valence-corrected chi connectivity index (χ4v) is 6.15. The summed E-state index contributed by atoms with van der Waals surface area (Å²) in [5.41, 5.74) is 5.40. The van der Waals surface area contributed by atoms with Gasteiger partial charge in [0.25, 0.3) is 0 Å². The van der Waals surface area contributed by atoms with Crippen LogP contribution in [0.3, 0.4) is 0 Å². The maximum Gasteiger partial charge on any atom is 0.212 e. The van der Waals surface area contributed by atoms with Crippen LogP contribution >= 0.6 is 0 Å². The van der Waals surface area contributed by atoms with Gasteiger partial charge in [0.15, 0.2) is 5.78 Å². The molecule has 2 aliphatic carbocycles. The van der Waals surface area contributed by atoms with Gasteiger partial charge in [-0.15, -0.1) is 6.54 Å². The molecule has 2 aliphatic rings. The van der Waals surface area contributed by atoms with Crippen molar-refractivity contribution in [1.82, 2.24) is 20.2 Å². The molecule has 0 aliphatic heterocycles. The van der Waals surface area contributed by atoms with Crippen molar-refractivity contribution in [3.63, 3.8) is 0 Å². The fraction of sp³-hybridized carbons (Fsp3) is 0.375. The van der Waals surface area contributed by atoms with E-state index in [1.807, 2.05) is 36.4 Å². The third kappa shape index (κ3) is 5.85. The molecule has 3 aromatic heterocycles. The Morgan fingerprint density at radius 2 is 1.93 bits per heavy atom. The van der Waals surface area contributed by atoms with Gasteiger partial charge in [-0.1, -0.05) is 56.8 Å². The first kappa shape index (κ1) is 30.6. The zero-order chi connectivity index (χ0) is 28.5. The van der Waals surface area contributed by atoms with Crippen LogP contribution in [0.15, 0.2) is 66.6 Å². The van der Waals surface area contributed by atoms with E-state index in [4.69, 9.17) is 19.9 Å². The summed E-state index contributed by atoms with van der Waals surface area (Å²) in [6, 6.07) is 16.1. The molecule has 1 N–H and O–H groups in total. The van der Waals surface area contributed by atoms with Gasteiger partial charge in [0.05, 0.1) is 11.5 Å². The number of carbonyl (C=O) groups excluding carboxylic acids is 1. The Bertz CT molecular complexity index is 1560. The molecule has 0 saturated heterocycles. The molecule has 9 heteroatoms. The third-order valence-electron chi connectivity index (χ3n) is 8.51. The molecule has 41 heavy (non-hydrogen) atoms. The number of fused-ring (bicyclic) bond motifs is 6. The summed E-state index contributed by atoms with van der Waals surface area (Å²) in [6.45, 7) is 10.7. The molecule has 0 amide bonds. The molecule has 1 saturated carbocycles. The number of ketones is 1. The van der Waals surface area contributed by atoms with E-state index in [2.05, 4.69) is 48.3 Å². The number of carbonyl (C=O) groups is 1. The second-order valence-corrected chi connectivity index (χ2v) is 11.4. The molecule has 4 aromatic rings. The van der Waals surface area contributed by atoms with Crippen molar-refractivity contribution >= 4 is 16.6 Å². The number of aliphatic hydroxyl groups is 1. The van der Waals surface area contributed by atoms with Crippen LogP contribution in [0.2, 0.25) is 0 Å². The van der Waals surface area contributed by atoms with Gasteiger partial charge in [-0.05, 0) is 61.1 Å². The normalized spacial score (nSPS) is 20.1. The van der Waals surface area contributed by atoms with E-state index in [9.17, 15) is 4.79 Å². The van der Waals surface area contributed by atoms with Crippen molar-refractivity contribution in [2.24, 2.45) is 5.41 Å². The van der Waals surface area contributed by atoms with Crippen molar-refractivity contribution < 1.29 is 34.7 Å². The maximum atomic E-state index is 10.0. The zero-order valence-corrected chi connectivity index (χ0v) is 26.4. The van der Waals surface area contributed by atoms with Gasteiger partial charge in [-0.3, -0.25) is 9.78 Å². The number of pyridine rings is 2. The van der Waals surface area contributed by atoms with E-state index in [1.165, 1.54) is 44.0 Å². The summed E-state index contributed by atoms with van der Waals surface area (Å²) in [5, 5.41) is 24.4. The van der Waals surface area contributed by atoms with E-state index in [0.717, 1.165) is 27.9 Å². The summed E-state index contributed by atoms with van der Waals surface area (Å²) in [5.74, 6) is 0.951. The molecule has 0 spiro atoms. The minimum absolute atomic E-state index is 0. The predicted octanol–water partition coefficient (Wildman–Crippen LogP) is 6.77. The number of rotatable bonds is 7. The molecule has 1 aromatic carbocycles. The minimum atomic E-state index is -0.125. The van der Waals surface area contributed by atoms with Crippen LogP contribution in [0.25, 0.3) is 27.5 Å². The molecule has 1 fully saturated rings. The molecular formula is C32H35IrN5O3-2. The van der Waals surface area contributed by atoms with Crippen molar-refractivity contribution in [2.45, 2.75) is 65.3 Å². The van der Waals surface area contributed by atoms with E-state index in [-0.39, 0.29) is 49.2 Å². The molecular weight excluding hydrogens is 695 g/mol. The minimum Gasteiger partial charge on any atom is -0.624 e. The first-order valence-electron chi connectivity index (χ1n) is 13.6. The number of aliphatic hydroxyl groups excluding tert-OH is 1. The Labute approximate surface area is 254 Å². The molecule has 6 rings (SSSR count). The molecule has 8 nitrogen and oxygen atoms in total. The first-order chi connectivity index (χ1) is 19.1. The van der Waals surface area contributed by atoms with Crippen LogP contribution in [0, 0.1) is 5.41 Å². The Morgan fingerprint density at radius 1 is 1.17 bits per heavy atom. The average molecular weight is 730 g/mol. The quantitative estimate of drug-likeness (QED) is 0.127. The van der Waals surface area contributed by atoms with Gasteiger partial charge in [0.2, 0.25) is 5.88 Å². The number of allylic oxidation sites excluding steroid dienone is 2. The molecule has 3 heterocycles. The van der Waals surface area contributed by atoms with Crippen molar-refractivity contribution in [2.75, 3.05) is 6.73 Å². The molecule has 217 valence electrons. The fourth-order valence-electron chi connectivity index (χ4n) is 6.15. The second kappa shape index (κ2) is 12.2. The third-order valence-corrected chi connectivity index (χ3v) is 8.51. The number of aromatic nitrogens is 4. The van der Waals surface area contributed by atoms with Gasteiger partial charge < -0.3 is 25.4 Å². The second-order valence-electron chi connectivity index (χ2n) is 11.4. The molecule has 2 bridgehead atoms. The molecule has 2 unspecified atom stereocenters. The summed E-state index contributed by atoms with van der Waals surface area (Å²) in [4.78, 5) is 19.2. The molecule has 1 radical (unpaired) electrons. The predicted molar refractivity (Wildman–Crippen MR) is 155 cm³/mol. The standard InChI is InChI=1S/C27H27N5O.C5H8O2.Ir/c1-26(2)20-11-12-27(26,3)25-22(20)24(31-32-25)23-19-10-5-4-8-17(19)14-21(30-23)33-16-28-15-18-9-6-7-13-29-18;1-4(6)3-5(2)7;/h4-10,13-14,20H,11-12,15-16H2,1-3H3;3,6H,1-2H3;/q-2;;/b;4-3-;.